The van der Waals surface area contributed by atoms with Crippen molar-refractivity contribution in [2.45, 2.75) is 19.8 Å². The predicted molar refractivity (Wildman–Crippen MR) is 113 cm³/mol. The Morgan fingerprint density at radius 3 is 2.69 bits per heavy atom. The zero-order valence-electron chi connectivity index (χ0n) is 16.1. The number of para-hydroxylation sites is 2. The molecule has 29 heavy (non-hydrogen) atoms. The number of methoxy groups -OCH3 is 1. The van der Waals surface area contributed by atoms with E-state index in [9.17, 15) is 0 Å². The van der Waals surface area contributed by atoms with Gasteiger partial charge in [-0.1, -0.05) is 23.7 Å². The molecule has 0 bridgehead atoms. The summed E-state index contributed by atoms with van der Waals surface area (Å²) in [5.74, 6) is 3.06. The maximum absolute atomic E-state index is 6.13. The molecule has 0 saturated heterocycles. The zero-order valence-corrected chi connectivity index (χ0v) is 17.7. The Hall–Kier alpha value is -2.77. The van der Waals surface area contributed by atoms with E-state index < -0.39 is 0 Å². The molecule has 0 unspecified atom stereocenters. The second kappa shape index (κ2) is 8.71. The Kier molecular flexibility index (Phi) is 5.87. The van der Waals surface area contributed by atoms with Crippen LogP contribution in [0.2, 0.25) is 4.34 Å². The fourth-order valence-corrected chi connectivity index (χ4v) is 4.03. The average Bonchev–Trinajstić information content (AvgIpc) is 3.45. The molecule has 4 rings (SSSR count). The van der Waals surface area contributed by atoms with E-state index in [4.69, 9.17) is 30.5 Å². The first kappa shape index (κ1) is 19.5. The largest absolute Gasteiger partial charge is 0.493 e. The van der Waals surface area contributed by atoms with Gasteiger partial charge in [0.1, 0.15) is 17.3 Å². The maximum Gasteiger partial charge on any atom is 0.307 e. The van der Waals surface area contributed by atoms with Crippen LogP contribution in [0.4, 0.5) is 0 Å². The van der Waals surface area contributed by atoms with Gasteiger partial charge in [-0.3, -0.25) is 4.57 Å². The molecule has 0 fully saturated rings. The molecule has 8 heteroatoms. The molecule has 150 valence electrons. The van der Waals surface area contributed by atoms with E-state index in [2.05, 4.69) is 4.98 Å². The van der Waals surface area contributed by atoms with E-state index in [0.29, 0.717) is 23.4 Å². The third-order valence-corrected chi connectivity index (χ3v) is 5.64. The van der Waals surface area contributed by atoms with Crippen LogP contribution in [0, 0.1) is 6.92 Å². The quantitative estimate of drug-likeness (QED) is 0.342. The number of oxazole rings is 1. The number of imidazole rings is 1. The SMILES string of the molecule is COc1ccccc1OCCCc1oc(-n2ccnc2C)nc1-c1ccc(Cl)s1. The molecule has 0 aliphatic carbocycles. The van der Waals surface area contributed by atoms with Crippen molar-refractivity contribution in [3.8, 4) is 28.1 Å². The van der Waals surface area contributed by atoms with Crippen LogP contribution in [-0.4, -0.2) is 28.3 Å². The van der Waals surface area contributed by atoms with Gasteiger partial charge in [0.2, 0.25) is 0 Å². The lowest BCUT2D eigenvalue weighted by atomic mass is 10.2. The van der Waals surface area contributed by atoms with Gasteiger partial charge in [-0.2, -0.15) is 4.98 Å². The minimum absolute atomic E-state index is 0.500. The number of thiophene rings is 1. The van der Waals surface area contributed by atoms with Gasteiger partial charge < -0.3 is 13.9 Å². The van der Waals surface area contributed by atoms with E-state index in [1.807, 2.05) is 54.1 Å². The molecule has 0 spiro atoms. The summed E-state index contributed by atoms with van der Waals surface area (Å²) >= 11 is 7.61. The number of aryl methyl sites for hydroxylation is 2. The minimum Gasteiger partial charge on any atom is -0.493 e. The molecule has 0 aliphatic rings. The Bertz CT molecular complexity index is 1100. The molecule has 0 saturated carbocycles. The second-order valence-corrected chi connectivity index (χ2v) is 8.03. The Morgan fingerprint density at radius 2 is 2.00 bits per heavy atom. The molecule has 0 N–H and O–H groups in total. The van der Waals surface area contributed by atoms with Crippen LogP contribution >= 0.6 is 22.9 Å². The van der Waals surface area contributed by atoms with Gasteiger partial charge in [0, 0.05) is 18.8 Å². The third-order valence-electron chi connectivity index (χ3n) is 4.40. The van der Waals surface area contributed by atoms with Crippen molar-refractivity contribution in [3.05, 3.63) is 64.7 Å². The van der Waals surface area contributed by atoms with Crippen LogP contribution in [0.15, 0.2) is 53.2 Å². The van der Waals surface area contributed by atoms with Gasteiger partial charge in [-0.05, 0) is 37.6 Å². The highest BCUT2D eigenvalue weighted by Gasteiger charge is 2.18. The third kappa shape index (κ3) is 4.31. The number of hydrogen-bond donors (Lipinski definition) is 0. The van der Waals surface area contributed by atoms with Crippen molar-refractivity contribution >= 4 is 22.9 Å². The van der Waals surface area contributed by atoms with Crippen LogP contribution in [-0.2, 0) is 6.42 Å². The molecular formula is C21H20ClN3O3S. The molecule has 3 heterocycles. The fourth-order valence-electron chi connectivity index (χ4n) is 2.98. The second-order valence-electron chi connectivity index (χ2n) is 6.32. The van der Waals surface area contributed by atoms with Crippen LogP contribution < -0.4 is 9.47 Å². The standard InChI is InChI=1S/C21H20ClN3O3S/c1-14-23-11-12-25(14)21-24-20(18-9-10-19(22)29-18)17(28-21)8-5-13-27-16-7-4-3-6-15(16)26-2/h3-4,6-7,9-12H,5,8,13H2,1-2H3. The highest BCUT2D eigenvalue weighted by molar-refractivity contribution is 7.19. The molecule has 0 amide bonds. The monoisotopic (exact) mass is 429 g/mol. The number of hydrogen-bond acceptors (Lipinski definition) is 6. The summed E-state index contributed by atoms with van der Waals surface area (Å²) in [6, 6.07) is 11.9. The summed E-state index contributed by atoms with van der Waals surface area (Å²) in [5.41, 5.74) is 0.808. The molecular weight excluding hydrogens is 410 g/mol. The smallest absolute Gasteiger partial charge is 0.307 e. The topological polar surface area (TPSA) is 62.3 Å². The van der Waals surface area contributed by atoms with E-state index >= 15 is 0 Å². The number of rotatable bonds is 8. The predicted octanol–water partition coefficient (Wildman–Crippen LogP) is 5.57. The van der Waals surface area contributed by atoms with Gasteiger partial charge in [0.25, 0.3) is 0 Å². The Balaban J connectivity index is 1.51. The normalized spacial score (nSPS) is 11.0. The van der Waals surface area contributed by atoms with Crippen molar-refractivity contribution in [2.24, 2.45) is 0 Å². The van der Waals surface area contributed by atoms with Crippen LogP contribution in [0.5, 0.6) is 11.5 Å². The molecule has 1 aromatic carbocycles. The van der Waals surface area contributed by atoms with Gasteiger partial charge in [0.05, 0.1) is 22.9 Å². The molecule has 0 atom stereocenters. The summed E-state index contributed by atoms with van der Waals surface area (Å²) < 4.78 is 19.8. The first-order valence-corrected chi connectivity index (χ1v) is 10.4. The lowest BCUT2D eigenvalue weighted by molar-refractivity contribution is 0.286. The fraction of sp³-hybridized carbons (Fsp3) is 0.238. The molecule has 0 radical (unpaired) electrons. The molecule has 6 nitrogen and oxygen atoms in total. The van der Waals surface area contributed by atoms with E-state index in [1.54, 1.807) is 13.3 Å². The highest BCUT2D eigenvalue weighted by atomic mass is 35.5. The van der Waals surface area contributed by atoms with Gasteiger partial charge >= 0.3 is 6.01 Å². The van der Waals surface area contributed by atoms with Crippen LogP contribution in [0.3, 0.4) is 0 Å². The number of halogens is 1. The van der Waals surface area contributed by atoms with Crippen molar-refractivity contribution < 1.29 is 13.9 Å². The van der Waals surface area contributed by atoms with E-state index in [0.717, 1.165) is 40.1 Å². The van der Waals surface area contributed by atoms with Gasteiger partial charge in [-0.25, -0.2) is 4.98 Å². The summed E-state index contributed by atoms with van der Waals surface area (Å²) in [4.78, 5) is 9.93. The number of ether oxygens (including phenoxy) is 2. The summed E-state index contributed by atoms with van der Waals surface area (Å²) in [6.07, 6.45) is 5.01. The minimum atomic E-state index is 0.500. The Morgan fingerprint density at radius 1 is 1.17 bits per heavy atom. The zero-order chi connectivity index (χ0) is 20.2. The molecule has 4 aromatic rings. The summed E-state index contributed by atoms with van der Waals surface area (Å²) in [5, 5.41) is 0. The van der Waals surface area contributed by atoms with Crippen LogP contribution in [0.1, 0.15) is 18.0 Å². The number of benzene rings is 1. The van der Waals surface area contributed by atoms with E-state index in [1.165, 1.54) is 11.3 Å². The van der Waals surface area contributed by atoms with Gasteiger partial charge in [-0.15, -0.1) is 11.3 Å². The van der Waals surface area contributed by atoms with Crippen molar-refractivity contribution in [2.75, 3.05) is 13.7 Å². The van der Waals surface area contributed by atoms with Gasteiger partial charge in [0.15, 0.2) is 11.5 Å². The Labute approximate surface area is 177 Å². The first-order chi connectivity index (χ1) is 14.2. The maximum atomic E-state index is 6.13. The number of aromatic nitrogens is 3. The van der Waals surface area contributed by atoms with Crippen molar-refractivity contribution in [3.63, 3.8) is 0 Å². The molecule has 3 aromatic heterocycles. The van der Waals surface area contributed by atoms with Crippen molar-refractivity contribution in [1.82, 2.24) is 14.5 Å². The highest BCUT2D eigenvalue weighted by Crippen LogP contribution is 2.34. The number of nitrogens with zero attached hydrogens (tertiary/aromatic N) is 3. The summed E-state index contributed by atoms with van der Waals surface area (Å²) in [7, 11) is 1.63. The molecule has 0 aliphatic heterocycles. The lowest BCUT2D eigenvalue weighted by Crippen LogP contribution is -2.01. The first-order valence-electron chi connectivity index (χ1n) is 9.17. The lowest BCUT2D eigenvalue weighted by Gasteiger charge is -2.09. The summed E-state index contributed by atoms with van der Waals surface area (Å²) in [6.45, 7) is 2.44. The van der Waals surface area contributed by atoms with E-state index in [-0.39, 0.29) is 0 Å². The van der Waals surface area contributed by atoms with Crippen LogP contribution in [0.25, 0.3) is 16.6 Å². The van der Waals surface area contributed by atoms with Crippen molar-refractivity contribution in [1.29, 1.82) is 0 Å². The average molecular weight is 430 g/mol.